The highest BCUT2D eigenvalue weighted by Gasteiger charge is 2.25. The molecule has 0 aliphatic heterocycles. The molecule has 0 saturated heterocycles. The number of rotatable bonds is 14. The maximum atomic E-state index is 12.1. The second-order valence-corrected chi connectivity index (χ2v) is 6.35. The van der Waals surface area contributed by atoms with Crippen molar-refractivity contribution in [1.29, 1.82) is 0 Å². The van der Waals surface area contributed by atoms with Crippen LogP contribution in [0, 0.1) is 0 Å². The monoisotopic (exact) mass is 420 g/mol. The molecule has 28 heavy (non-hydrogen) atoms. The van der Waals surface area contributed by atoms with Gasteiger partial charge in [0.15, 0.2) is 0 Å². The third-order valence-corrected chi connectivity index (χ3v) is 3.94. The Morgan fingerprint density at radius 3 is 2.14 bits per heavy atom. The van der Waals surface area contributed by atoms with Gasteiger partial charge in [0.25, 0.3) is 0 Å². The lowest BCUT2D eigenvalue weighted by molar-refractivity contribution is -0.142. The number of nitrogens with two attached hydrogens (primary N) is 3. The van der Waals surface area contributed by atoms with Crippen LogP contribution in [0.25, 0.3) is 0 Å². The van der Waals surface area contributed by atoms with Crippen LogP contribution < -0.4 is 33.2 Å². The van der Waals surface area contributed by atoms with Crippen molar-refractivity contribution in [2.45, 2.75) is 43.8 Å². The van der Waals surface area contributed by atoms with Crippen LogP contribution in [-0.2, 0) is 24.0 Å². The average molecular weight is 420 g/mol. The topological polar surface area (TPSA) is 220 Å². The molecule has 0 spiro atoms. The van der Waals surface area contributed by atoms with Crippen LogP contribution in [0.1, 0.15) is 25.7 Å². The Hall–Kier alpha value is -2.38. The molecule has 160 valence electrons. The van der Waals surface area contributed by atoms with Crippen molar-refractivity contribution >= 4 is 42.2 Å². The quantitative estimate of drug-likeness (QED) is 0.103. The molecule has 3 atom stereocenters. The molecule has 0 fully saturated rings. The summed E-state index contributed by atoms with van der Waals surface area (Å²) in [4.78, 5) is 57.7. The summed E-state index contributed by atoms with van der Waals surface area (Å²) in [6, 6.07) is -3.42. The molecule has 12 nitrogen and oxygen atoms in total. The summed E-state index contributed by atoms with van der Waals surface area (Å²) >= 11 is 3.95. The highest BCUT2D eigenvalue weighted by molar-refractivity contribution is 7.80. The Morgan fingerprint density at radius 2 is 1.64 bits per heavy atom. The zero-order valence-corrected chi connectivity index (χ0v) is 16.2. The lowest BCUT2D eigenvalue weighted by Gasteiger charge is -2.19. The number of hydrogen-bond donors (Lipinski definition) is 8. The second kappa shape index (κ2) is 13.7. The van der Waals surface area contributed by atoms with E-state index in [0.717, 1.165) is 0 Å². The fourth-order valence-electron chi connectivity index (χ4n) is 2.07. The number of thiol groups is 1. The minimum atomic E-state index is -1.22. The summed E-state index contributed by atoms with van der Waals surface area (Å²) in [5, 5.41) is 16.0. The van der Waals surface area contributed by atoms with E-state index in [2.05, 4.69) is 28.6 Å². The van der Waals surface area contributed by atoms with Crippen molar-refractivity contribution in [1.82, 2.24) is 16.0 Å². The van der Waals surface area contributed by atoms with Gasteiger partial charge in [-0.15, -0.1) is 0 Å². The molecule has 13 heteroatoms. The molecule has 0 heterocycles. The van der Waals surface area contributed by atoms with Crippen molar-refractivity contribution < 1.29 is 29.1 Å². The maximum absolute atomic E-state index is 12.1. The van der Waals surface area contributed by atoms with Gasteiger partial charge in [-0.25, -0.2) is 4.79 Å². The van der Waals surface area contributed by atoms with Gasteiger partial charge in [-0.2, -0.15) is 12.6 Å². The lowest BCUT2D eigenvalue weighted by Crippen LogP contribution is -2.54. The summed E-state index contributed by atoms with van der Waals surface area (Å²) in [7, 11) is 0. The van der Waals surface area contributed by atoms with Gasteiger partial charge < -0.3 is 38.3 Å². The summed E-state index contributed by atoms with van der Waals surface area (Å²) in [6.45, 7) is -0.0801. The first-order valence-electron chi connectivity index (χ1n) is 8.57. The second-order valence-electron chi connectivity index (χ2n) is 5.98. The van der Waals surface area contributed by atoms with Gasteiger partial charge in [0.2, 0.25) is 23.6 Å². The van der Waals surface area contributed by atoms with Crippen molar-refractivity contribution in [3.63, 3.8) is 0 Å². The number of carboxylic acids is 1. The van der Waals surface area contributed by atoms with Gasteiger partial charge in [-0.1, -0.05) is 0 Å². The smallest absolute Gasteiger partial charge is 0.326 e. The summed E-state index contributed by atoms with van der Waals surface area (Å²) < 4.78 is 0. The molecule has 0 aromatic heterocycles. The van der Waals surface area contributed by atoms with Crippen LogP contribution in [0.5, 0.6) is 0 Å². The number of hydrogen-bond acceptors (Lipinski definition) is 8. The molecule has 3 unspecified atom stereocenters. The summed E-state index contributed by atoms with van der Waals surface area (Å²) in [6.07, 6.45) is 0.964. The largest absolute Gasteiger partial charge is 0.480 e. The van der Waals surface area contributed by atoms with Gasteiger partial charge >= 0.3 is 5.97 Å². The van der Waals surface area contributed by atoms with Gasteiger partial charge in [-0.05, 0) is 25.8 Å². The third kappa shape index (κ3) is 10.7. The predicted octanol–water partition coefficient (Wildman–Crippen LogP) is -3.58. The highest BCUT2D eigenvalue weighted by atomic mass is 32.1. The Balaban J connectivity index is 4.53. The molecular weight excluding hydrogens is 392 g/mol. The van der Waals surface area contributed by atoms with Crippen molar-refractivity contribution in [3.05, 3.63) is 0 Å². The number of aliphatic carboxylic acids is 1. The van der Waals surface area contributed by atoms with Crippen LogP contribution in [0.15, 0.2) is 0 Å². The number of carbonyl (C=O) groups is 5. The van der Waals surface area contributed by atoms with E-state index >= 15 is 0 Å². The van der Waals surface area contributed by atoms with E-state index < -0.39 is 60.7 Å². The van der Waals surface area contributed by atoms with Gasteiger partial charge in [0.1, 0.15) is 12.1 Å². The first-order valence-corrected chi connectivity index (χ1v) is 9.20. The van der Waals surface area contributed by atoms with Crippen LogP contribution in [0.3, 0.4) is 0 Å². The summed E-state index contributed by atoms with van der Waals surface area (Å²) in [5.41, 5.74) is 15.8. The third-order valence-electron chi connectivity index (χ3n) is 3.58. The van der Waals surface area contributed by atoms with E-state index in [4.69, 9.17) is 22.3 Å². The Morgan fingerprint density at radius 1 is 1.00 bits per heavy atom. The number of carbonyl (C=O) groups excluding carboxylic acids is 4. The normalized spacial score (nSPS) is 13.7. The number of amides is 4. The predicted molar refractivity (Wildman–Crippen MR) is 103 cm³/mol. The highest BCUT2D eigenvalue weighted by Crippen LogP contribution is 2.00. The Kier molecular flexibility index (Phi) is 12.6. The summed E-state index contributed by atoms with van der Waals surface area (Å²) in [5.74, 6) is -4.27. The molecule has 0 aliphatic carbocycles. The van der Waals surface area contributed by atoms with Crippen LogP contribution in [0.4, 0.5) is 0 Å². The molecule has 0 rings (SSSR count). The van der Waals surface area contributed by atoms with E-state index in [1.807, 2.05) is 0 Å². The SMILES string of the molecule is NCCCCC(NC(=O)CNC(=O)C(CS)NC(=O)C(N)CC(N)=O)C(=O)O. The average Bonchev–Trinajstić information content (AvgIpc) is 2.62. The fraction of sp³-hybridized carbons (Fsp3) is 0.667. The van der Waals surface area contributed by atoms with Gasteiger partial charge in [0.05, 0.1) is 19.0 Å². The minimum absolute atomic E-state index is 0.0979. The first-order chi connectivity index (χ1) is 13.1. The molecule has 4 amide bonds. The van der Waals surface area contributed by atoms with E-state index in [9.17, 15) is 24.0 Å². The van der Waals surface area contributed by atoms with Crippen LogP contribution >= 0.6 is 12.6 Å². The number of nitrogens with one attached hydrogen (secondary N) is 3. The number of carboxylic acid groups (broad SMARTS) is 1. The molecular formula is C15H28N6O6S. The zero-order valence-electron chi connectivity index (χ0n) is 15.3. The Bertz CT molecular complexity index is 575. The molecule has 0 aromatic carbocycles. The molecule has 10 N–H and O–H groups in total. The van der Waals surface area contributed by atoms with Crippen molar-refractivity contribution in [2.75, 3.05) is 18.8 Å². The van der Waals surface area contributed by atoms with Crippen LogP contribution in [0.2, 0.25) is 0 Å². The van der Waals surface area contributed by atoms with Crippen molar-refractivity contribution in [3.8, 4) is 0 Å². The van der Waals surface area contributed by atoms with Gasteiger partial charge in [-0.3, -0.25) is 19.2 Å². The van der Waals surface area contributed by atoms with E-state index in [1.165, 1.54) is 0 Å². The molecule has 0 saturated carbocycles. The first kappa shape index (κ1) is 25.6. The van der Waals surface area contributed by atoms with E-state index in [-0.39, 0.29) is 12.2 Å². The zero-order chi connectivity index (χ0) is 21.7. The molecule has 0 aliphatic rings. The minimum Gasteiger partial charge on any atom is -0.480 e. The molecule has 0 bridgehead atoms. The van der Waals surface area contributed by atoms with Crippen molar-refractivity contribution in [2.24, 2.45) is 17.2 Å². The Labute approximate surface area is 167 Å². The molecule has 0 aromatic rings. The molecule has 0 radical (unpaired) electrons. The van der Waals surface area contributed by atoms with Gasteiger partial charge in [0, 0.05) is 5.75 Å². The number of unbranched alkanes of at least 4 members (excludes halogenated alkanes) is 1. The maximum Gasteiger partial charge on any atom is 0.326 e. The van der Waals surface area contributed by atoms with E-state index in [1.54, 1.807) is 0 Å². The standard InChI is InChI=1S/C15H28N6O6S/c16-4-2-1-3-9(15(26)27)20-12(23)6-19-14(25)10(7-28)21-13(24)8(17)5-11(18)22/h8-10,28H,1-7,16-17H2,(H2,18,22)(H,19,25)(H,20,23)(H,21,24)(H,26,27). The lowest BCUT2D eigenvalue weighted by atomic mass is 10.1. The number of primary amides is 1. The van der Waals surface area contributed by atoms with Crippen LogP contribution in [-0.4, -0.2) is 71.7 Å². The van der Waals surface area contributed by atoms with E-state index in [0.29, 0.717) is 19.4 Å². The fourth-order valence-corrected chi connectivity index (χ4v) is 2.33.